The van der Waals surface area contributed by atoms with Crippen LogP contribution in [0.2, 0.25) is 0 Å². The van der Waals surface area contributed by atoms with Crippen molar-refractivity contribution in [2.24, 2.45) is 0 Å². The molecule has 0 spiro atoms. The van der Waals surface area contributed by atoms with Gasteiger partial charge < -0.3 is 5.32 Å². The van der Waals surface area contributed by atoms with E-state index in [0.717, 1.165) is 11.4 Å². The second-order valence-corrected chi connectivity index (χ2v) is 3.81. The summed E-state index contributed by atoms with van der Waals surface area (Å²) < 4.78 is 0. The number of rotatable bonds is 3. The quantitative estimate of drug-likeness (QED) is 0.870. The summed E-state index contributed by atoms with van der Waals surface area (Å²) in [5, 5.41) is 12.0. The molecule has 2 aromatic rings. The van der Waals surface area contributed by atoms with Gasteiger partial charge in [-0.05, 0) is 42.8 Å². The minimum Gasteiger partial charge on any atom is -0.379 e. The van der Waals surface area contributed by atoms with Gasteiger partial charge in [0.15, 0.2) is 0 Å². The lowest BCUT2D eigenvalue weighted by molar-refractivity contribution is 1.02. The molecular weight excluding hydrogens is 210 g/mol. The van der Waals surface area contributed by atoms with E-state index in [9.17, 15) is 0 Å². The molecule has 0 aliphatic heterocycles. The van der Waals surface area contributed by atoms with Crippen molar-refractivity contribution in [3.05, 3.63) is 59.4 Å². The predicted molar refractivity (Wildman–Crippen MR) is 67.5 cm³/mol. The van der Waals surface area contributed by atoms with Gasteiger partial charge >= 0.3 is 0 Å². The summed E-state index contributed by atoms with van der Waals surface area (Å²) in [5.41, 5.74) is 3.88. The van der Waals surface area contributed by atoms with Crippen LogP contribution in [0.3, 0.4) is 0 Å². The molecular formula is C14H13N3. The summed E-state index contributed by atoms with van der Waals surface area (Å²) in [4.78, 5) is 4.31. The molecule has 1 N–H and O–H groups in total. The number of hydrogen-bond acceptors (Lipinski definition) is 3. The lowest BCUT2D eigenvalue weighted by Crippen LogP contribution is -2.03. The summed E-state index contributed by atoms with van der Waals surface area (Å²) in [6.07, 6.45) is 1.79. The Kier molecular flexibility index (Phi) is 3.37. The zero-order valence-electron chi connectivity index (χ0n) is 9.64. The highest BCUT2D eigenvalue weighted by atomic mass is 14.9. The Hall–Kier alpha value is -2.34. The number of benzene rings is 1. The lowest BCUT2D eigenvalue weighted by Gasteiger charge is -2.07. The standard InChI is InChI=1S/C14H13N3/c1-11-3-2-8-16-14(11)10-17-13-6-4-12(9-15)5-7-13/h2-8,17H,10H2,1H3. The van der Waals surface area contributed by atoms with Gasteiger partial charge in [-0.25, -0.2) is 0 Å². The summed E-state index contributed by atoms with van der Waals surface area (Å²) in [6.45, 7) is 2.74. The highest BCUT2D eigenvalue weighted by Crippen LogP contribution is 2.11. The van der Waals surface area contributed by atoms with Crippen LogP contribution in [0.1, 0.15) is 16.8 Å². The van der Waals surface area contributed by atoms with Crippen molar-refractivity contribution in [1.29, 1.82) is 5.26 Å². The van der Waals surface area contributed by atoms with Crippen LogP contribution < -0.4 is 5.32 Å². The van der Waals surface area contributed by atoms with Gasteiger partial charge in [-0.1, -0.05) is 6.07 Å². The molecule has 2 rings (SSSR count). The maximum atomic E-state index is 8.69. The molecule has 0 bridgehead atoms. The molecule has 0 unspecified atom stereocenters. The first-order chi connectivity index (χ1) is 8.29. The predicted octanol–water partition coefficient (Wildman–Crippen LogP) is 2.87. The Balaban J connectivity index is 2.03. The first-order valence-electron chi connectivity index (χ1n) is 5.44. The number of aryl methyl sites for hydroxylation is 1. The molecule has 0 aliphatic carbocycles. The first-order valence-corrected chi connectivity index (χ1v) is 5.44. The van der Waals surface area contributed by atoms with Crippen LogP contribution in [0.15, 0.2) is 42.6 Å². The molecule has 3 heteroatoms. The van der Waals surface area contributed by atoms with E-state index >= 15 is 0 Å². The van der Waals surface area contributed by atoms with Crippen molar-refractivity contribution in [3.8, 4) is 6.07 Å². The molecule has 3 nitrogen and oxygen atoms in total. The van der Waals surface area contributed by atoms with E-state index in [1.54, 1.807) is 18.3 Å². The largest absolute Gasteiger partial charge is 0.379 e. The maximum absolute atomic E-state index is 8.69. The molecule has 1 aromatic carbocycles. The van der Waals surface area contributed by atoms with E-state index in [1.165, 1.54) is 5.56 Å². The molecule has 0 atom stereocenters. The average molecular weight is 223 g/mol. The van der Waals surface area contributed by atoms with E-state index < -0.39 is 0 Å². The zero-order chi connectivity index (χ0) is 12.1. The number of nitrogens with one attached hydrogen (secondary N) is 1. The van der Waals surface area contributed by atoms with Crippen molar-refractivity contribution < 1.29 is 0 Å². The van der Waals surface area contributed by atoms with Crippen LogP contribution in [0, 0.1) is 18.3 Å². The molecule has 0 saturated heterocycles. The molecule has 1 heterocycles. The Morgan fingerprint density at radius 1 is 1.24 bits per heavy atom. The second kappa shape index (κ2) is 5.13. The fraction of sp³-hybridized carbons (Fsp3) is 0.143. The second-order valence-electron chi connectivity index (χ2n) is 3.81. The lowest BCUT2D eigenvalue weighted by atomic mass is 10.2. The number of nitriles is 1. The Bertz CT molecular complexity index is 538. The normalized spacial score (nSPS) is 9.65. The van der Waals surface area contributed by atoms with Gasteiger partial charge in [-0.3, -0.25) is 4.98 Å². The molecule has 0 aliphatic rings. The Morgan fingerprint density at radius 3 is 2.65 bits per heavy atom. The van der Waals surface area contributed by atoms with Gasteiger partial charge in [-0.15, -0.1) is 0 Å². The molecule has 0 saturated carbocycles. The van der Waals surface area contributed by atoms with Crippen LogP contribution in [0.25, 0.3) is 0 Å². The van der Waals surface area contributed by atoms with Crippen LogP contribution in [-0.2, 0) is 6.54 Å². The fourth-order valence-electron chi connectivity index (χ4n) is 1.55. The van der Waals surface area contributed by atoms with Gasteiger partial charge in [0.1, 0.15) is 0 Å². The molecule has 17 heavy (non-hydrogen) atoms. The topological polar surface area (TPSA) is 48.7 Å². The SMILES string of the molecule is Cc1cccnc1CNc1ccc(C#N)cc1. The van der Waals surface area contributed by atoms with Crippen LogP contribution in [0.4, 0.5) is 5.69 Å². The van der Waals surface area contributed by atoms with Crippen LogP contribution in [-0.4, -0.2) is 4.98 Å². The van der Waals surface area contributed by atoms with Gasteiger partial charge in [0.25, 0.3) is 0 Å². The molecule has 0 amide bonds. The van der Waals surface area contributed by atoms with E-state index in [2.05, 4.69) is 16.4 Å². The molecule has 0 radical (unpaired) electrons. The summed E-state index contributed by atoms with van der Waals surface area (Å²) in [5.74, 6) is 0. The Morgan fingerprint density at radius 2 is 2.00 bits per heavy atom. The van der Waals surface area contributed by atoms with E-state index in [4.69, 9.17) is 5.26 Å². The fourth-order valence-corrected chi connectivity index (χ4v) is 1.55. The number of hydrogen-bond donors (Lipinski definition) is 1. The van der Waals surface area contributed by atoms with Crippen LogP contribution >= 0.6 is 0 Å². The average Bonchev–Trinajstić information content (AvgIpc) is 2.38. The van der Waals surface area contributed by atoms with Crippen molar-refractivity contribution in [1.82, 2.24) is 4.98 Å². The van der Waals surface area contributed by atoms with Crippen molar-refractivity contribution in [3.63, 3.8) is 0 Å². The monoisotopic (exact) mass is 223 g/mol. The third-order valence-corrected chi connectivity index (χ3v) is 2.59. The van der Waals surface area contributed by atoms with Gasteiger partial charge in [0, 0.05) is 11.9 Å². The minimum atomic E-state index is 0.671. The number of aromatic nitrogens is 1. The third kappa shape index (κ3) is 2.82. The van der Waals surface area contributed by atoms with Crippen molar-refractivity contribution in [2.75, 3.05) is 5.32 Å². The van der Waals surface area contributed by atoms with Crippen molar-refractivity contribution in [2.45, 2.75) is 13.5 Å². The number of anilines is 1. The smallest absolute Gasteiger partial charge is 0.0991 e. The molecule has 84 valence electrons. The van der Waals surface area contributed by atoms with Crippen molar-refractivity contribution >= 4 is 5.69 Å². The van der Waals surface area contributed by atoms with E-state index in [0.29, 0.717) is 12.1 Å². The molecule has 1 aromatic heterocycles. The first kappa shape index (κ1) is 11.2. The summed E-state index contributed by atoms with van der Waals surface area (Å²) in [7, 11) is 0. The van der Waals surface area contributed by atoms with Gasteiger partial charge in [-0.2, -0.15) is 5.26 Å². The van der Waals surface area contributed by atoms with E-state index in [-0.39, 0.29) is 0 Å². The number of nitrogens with zero attached hydrogens (tertiary/aromatic N) is 2. The van der Waals surface area contributed by atoms with Gasteiger partial charge in [0.2, 0.25) is 0 Å². The summed E-state index contributed by atoms with van der Waals surface area (Å²) >= 11 is 0. The molecule has 0 fully saturated rings. The van der Waals surface area contributed by atoms with Gasteiger partial charge in [0.05, 0.1) is 23.9 Å². The number of pyridine rings is 1. The Labute approximate surface area is 101 Å². The highest BCUT2D eigenvalue weighted by Gasteiger charge is 1.98. The maximum Gasteiger partial charge on any atom is 0.0991 e. The minimum absolute atomic E-state index is 0.671. The van der Waals surface area contributed by atoms with E-state index in [1.807, 2.05) is 31.2 Å². The summed E-state index contributed by atoms with van der Waals surface area (Å²) in [6, 6.07) is 13.5. The third-order valence-electron chi connectivity index (χ3n) is 2.59. The zero-order valence-corrected chi connectivity index (χ0v) is 9.64. The highest BCUT2D eigenvalue weighted by molar-refractivity contribution is 5.47. The van der Waals surface area contributed by atoms with Crippen LogP contribution in [0.5, 0.6) is 0 Å².